The summed E-state index contributed by atoms with van der Waals surface area (Å²) in [6.45, 7) is 1.91. The van der Waals surface area contributed by atoms with E-state index in [1.165, 1.54) is 6.33 Å². The van der Waals surface area contributed by atoms with E-state index in [0.29, 0.717) is 21.6 Å². The van der Waals surface area contributed by atoms with Gasteiger partial charge in [0.1, 0.15) is 17.0 Å². The lowest BCUT2D eigenvalue weighted by atomic mass is 9.65. The van der Waals surface area contributed by atoms with Crippen molar-refractivity contribution >= 4 is 49.0 Å². The molecule has 0 atom stereocenters. The predicted octanol–water partition coefficient (Wildman–Crippen LogP) is 3.55. The number of nitrogens with zero attached hydrogens (tertiary/aromatic N) is 3. The third-order valence-electron chi connectivity index (χ3n) is 7.12. The molecule has 210 valence electrons. The van der Waals surface area contributed by atoms with Gasteiger partial charge >= 0.3 is 6.18 Å². The van der Waals surface area contributed by atoms with Crippen LogP contribution in [0.1, 0.15) is 34.5 Å². The molecular weight excluding hydrogens is 553 g/mol. The van der Waals surface area contributed by atoms with Crippen LogP contribution in [0.25, 0.3) is 10.2 Å². The van der Waals surface area contributed by atoms with Gasteiger partial charge in [-0.15, -0.1) is 11.3 Å². The first-order valence-corrected chi connectivity index (χ1v) is 15.2. The van der Waals surface area contributed by atoms with Crippen LogP contribution >= 0.6 is 11.3 Å². The average Bonchev–Trinajstić information content (AvgIpc) is 3.44. The molecule has 1 saturated heterocycles. The predicted molar refractivity (Wildman–Crippen MR) is 145 cm³/mol. The van der Waals surface area contributed by atoms with Crippen LogP contribution in [-0.2, 0) is 16.4 Å². The normalized spacial score (nSPS) is 21.3. The fourth-order valence-corrected chi connectivity index (χ4v) is 6.93. The number of nitrogens with one attached hydrogen (secondary N) is 3. The number of rotatable bonds is 9. The number of anilines is 2. The van der Waals surface area contributed by atoms with Crippen molar-refractivity contribution in [3.8, 4) is 0 Å². The highest BCUT2D eigenvalue weighted by Gasteiger charge is 2.49. The van der Waals surface area contributed by atoms with E-state index < -0.39 is 22.6 Å². The Morgan fingerprint density at radius 1 is 1.18 bits per heavy atom. The summed E-state index contributed by atoms with van der Waals surface area (Å²) in [5.41, 5.74) is 1.53. The summed E-state index contributed by atoms with van der Waals surface area (Å²) in [5, 5.41) is 6.88. The minimum absolute atomic E-state index is 0.125. The molecule has 1 aliphatic carbocycles. The molecule has 3 aromatic rings. The summed E-state index contributed by atoms with van der Waals surface area (Å²) in [4.78, 5) is 23.9. The van der Waals surface area contributed by atoms with Gasteiger partial charge in [0.15, 0.2) is 0 Å². The zero-order valence-electron chi connectivity index (χ0n) is 21.2. The molecule has 1 saturated carbocycles. The van der Waals surface area contributed by atoms with E-state index in [4.69, 9.17) is 0 Å². The van der Waals surface area contributed by atoms with Crippen LogP contribution in [0.15, 0.2) is 36.7 Å². The smallest absolute Gasteiger partial charge is 0.382 e. The Labute approximate surface area is 228 Å². The fraction of sp³-hybridized carbons (Fsp3) is 0.480. The van der Waals surface area contributed by atoms with Gasteiger partial charge < -0.3 is 15.5 Å². The lowest BCUT2D eigenvalue weighted by Crippen LogP contribution is -2.46. The Morgan fingerprint density at radius 3 is 2.62 bits per heavy atom. The summed E-state index contributed by atoms with van der Waals surface area (Å²) in [5.74, 6) is 0.430. The van der Waals surface area contributed by atoms with Crippen LogP contribution in [0.5, 0.6) is 0 Å². The quantitative estimate of drug-likeness (QED) is 0.331. The second-order valence-electron chi connectivity index (χ2n) is 10.3. The first-order valence-electron chi connectivity index (χ1n) is 12.5. The molecule has 2 fully saturated rings. The molecule has 1 aromatic carbocycles. The lowest BCUT2D eigenvalue weighted by molar-refractivity contribution is -0.126. The van der Waals surface area contributed by atoms with Crippen molar-refractivity contribution in [3.63, 3.8) is 0 Å². The topological polar surface area (TPSA) is 116 Å². The Hall–Kier alpha value is -2.97. The van der Waals surface area contributed by atoms with Gasteiger partial charge in [0.25, 0.3) is 5.91 Å². The summed E-state index contributed by atoms with van der Waals surface area (Å²) < 4.78 is 63.1. The second-order valence-corrected chi connectivity index (χ2v) is 13.3. The average molecular weight is 583 g/mol. The molecule has 1 amide bonds. The van der Waals surface area contributed by atoms with Crippen LogP contribution in [0, 0.1) is 5.41 Å². The molecule has 2 aliphatic rings. The lowest BCUT2D eigenvalue weighted by Gasteiger charge is -2.46. The number of carbonyl (C=O) groups is 1. The van der Waals surface area contributed by atoms with Crippen molar-refractivity contribution in [3.05, 3.63) is 47.1 Å². The Kier molecular flexibility index (Phi) is 7.46. The molecule has 3 heterocycles. The fourth-order valence-electron chi connectivity index (χ4n) is 5.43. The Balaban J connectivity index is 1.13. The van der Waals surface area contributed by atoms with Crippen molar-refractivity contribution in [2.45, 2.75) is 37.9 Å². The van der Waals surface area contributed by atoms with Crippen molar-refractivity contribution in [2.24, 2.45) is 5.41 Å². The molecule has 39 heavy (non-hydrogen) atoms. The first-order chi connectivity index (χ1) is 18.4. The summed E-state index contributed by atoms with van der Waals surface area (Å²) >= 11 is 1.07. The minimum atomic E-state index is -4.26. The van der Waals surface area contributed by atoms with Crippen LogP contribution < -0.4 is 20.3 Å². The van der Waals surface area contributed by atoms with Gasteiger partial charge in [0.05, 0.1) is 18.1 Å². The van der Waals surface area contributed by atoms with Gasteiger partial charge in [0.2, 0.25) is 10.0 Å². The number of amides is 1. The van der Waals surface area contributed by atoms with E-state index in [2.05, 4.69) is 30.2 Å². The Bertz CT molecular complexity index is 1450. The number of alkyl halides is 3. The minimum Gasteiger partial charge on any atom is -0.382 e. The number of benzene rings is 1. The van der Waals surface area contributed by atoms with Crippen LogP contribution in [0.2, 0.25) is 0 Å². The maximum absolute atomic E-state index is 12.9. The summed E-state index contributed by atoms with van der Waals surface area (Å²) in [7, 11) is -3.29. The number of halogens is 3. The van der Waals surface area contributed by atoms with Gasteiger partial charge in [-0.25, -0.2) is 23.1 Å². The molecule has 2 aromatic heterocycles. The maximum Gasteiger partial charge on any atom is 0.393 e. The molecule has 14 heteroatoms. The van der Waals surface area contributed by atoms with Crippen LogP contribution in [-0.4, -0.2) is 68.9 Å². The van der Waals surface area contributed by atoms with Gasteiger partial charge in [0, 0.05) is 48.3 Å². The number of carbonyl (C=O) groups excluding carboxylic acids is 1. The largest absolute Gasteiger partial charge is 0.393 e. The molecule has 9 nitrogen and oxygen atoms in total. The standard InChI is InChI=1S/C25H29F3N6O3S2/c1-39(36,37)32-8-7-29-22(35)16-2-4-17(5-3-16)33-18-11-24(12-18)6-9-34(14-24)21-20-10-19(13-25(26,27)28)38-23(20)31-15-30-21/h2-5,10,15,18,32-33H,6-9,11-14H2,1H3,(H,29,35). The monoisotopic (exact) mass is 582 g/mol. The van der Waals surface area contributed by atoms with Gasteiger partial charge in [-0.1, -0.05) is 0 Å². The third kappa shape index (κ3) is 6.79. The van der Waals surface area contributed by atoms with E-state index in [9.17, 15) is 26.4 Å². The number of hydrogen-bond acceptors (Lipinski definition) is 8. The Morgan fingerprint density at radius 2 is 1.92 bits per heavy atom. The SMILES string of the molecule is CS(=O)(=O)NCCNC(=O)c1ccc(NC2CC3(CCN(c4ncnc5sc(CC(F)(F)F)cc45)C3)C2)cc1. The molecule has 1 spiro atoms. The van der Waals surface area contributed by atoms with Crippen LogP contribution in [0.4, 0.5) is 24.7 Å². The van der Waals surface area contributed by atoms with Crippen molar-refractivity contribution in [1.82, 2.24) is 20.0 Å². The molecule has 5 rings (SSSR count). The third-order valence-corrected chi connectivity index (χ3v) is 8.90. The zero-order chi connectivity index (χ0) is 27.8. The first kappa shape index (κ1) is 27.6. The molecule has 1 aliphatic heterocycles. The van der Waals surface area contributed by atoms with Gasteiger partial charge in [-0.3, -0.25) is 4.79 Å². The second kappa shape index (κ2) is 10.5. The molecule has 0 unspecified atom stereocenters. The highest BCUT2D eigenvalue weighted by molar-refractivity contribution is 7.88. The number of aromatic nitrogens is 2. The highest BCUT2D eigenvalue weighted by Crippen LogP contribution is 2.50. The van der Waals surface area contributed by atoms with Gasteiger partial charge in [-0.2, -0.15) is 13.2 Å². The van der Waals surface area contributed by atoms with Gasteiger partial charge in [-0.05, 0) is 55.0 Å². The maximum atomic E-state index is 12.9. The number of hydrogen-bond donors (Lipinski definition) is 3. The van der Waals surface area contributed by atoms with E-state index in [-0.39, 0.29) is 35.3 Å². The molecule has 0 bridgehead atoms. The van der Waals surface area contributed by atoms with Crippen molar-refractivity contribution < 1.29 is 26.4 Å². The molecular formula is C25H29F3N6O3S2. The molecule has 3 N–H and O–H groups in total. The number of thiophene rings is 1. The van der Waals surface area contributed by atoms with Crippen LogP contribution in [0.3, 0.4) is 0 Å². The van der Waals surface area contributed by atoms with E-state index in [0.717, 1.165) is 55.6 Å². The van der Waals surface area contributed by atoms with E-state index in [1.54, 1.807) is 18.2 Å². The number of fused-ring (bicyclic) bond motifs is 1. The summed E-state index contributed by atoms with van der Waals surface area (Å²) in [6.07, 6.45) is 0.201. The molecule has 0 radical (unpaired) electrons. The highest BCUT2D eigenvalue weighted by atomic mass is 32.2. The van der Waals surface area contributed by atoms with Crippen molar-refractivity contribution in [2.75, 3.05) is 42.7 Å². The van der Waals surface area contributed by atoms with Crippen molar-refractivity contribution in [1.29, 1.82) is 0 Å². The number of sulfonamides is 1. The van der Waals surface area contributed by atoms with E-state index >= 15 is 0 Å². The van der Waals surface area contributed by atoms with E-state index in [1.807, 2.05) is 12.1 Å². The zero-order valence-corrected chi connectivity index (χ0v) is 22.8. The summed E-state index contributed by atoms with van der Waals surface area (Å²) in [6, 6.07) is 9.01.